The Balaban J connectivity index is 1.99. The van der Waals surface area contributed by atoms with Crippen LogP contribution in [0.3, 0.4) is 0 Å². The van der Waals surface area contributed by atoms with E-state index in [1.165, 1.54) is 24.3 Å². The molecule has 14 heavy (non-hydrogen) atoms. The van der Waals surface area contributed by atoms with Crippen molar-refractivity contribution in [1.29, 1.82) is 0 Å². The van der Waals surface area contributed by atoms with E-state index < -0.39 is 0 Å². The topological polar surface area (TPSA) is 55.6 Å². The third kappa shape index (κ3) is 1.77. The Bertz CT molecular complexity index is 224. The highest BCUT2D eigenvalue weighted by molar-refractivity contribution is 5.78. The van der Waals surface area contributed by atoms with Crippen LogP contribution in [0.15, 0.2) is 0 Å². The molecule has 1 saturated carbocycles. The van der Waals surface area contributed by atoms with Gasteiger partial charge in [0.1, 0.15) is 5.60 Å². The van der Waals surface area contributed by atoms with Gasteiger partial charge in [-0.3, -0.25) is 9.63 Å². The highest BCUT2D eigenvalue weighted by atomic mass is 16.7. The second-order valence-corrected chi connectivity index (χ2v) is 4.30. The molecule has 4 nitrogen and oxygen atoms in total. The van der Waals surface area contributed by atoms with Crippen molar-refractivity contribution in [2.45, 2.75) is 44.1 Å². The van der Waals surface area contributed by atoms with Crippen molar-refractivity contribution in [3.05, 3.63) is 0 Å². The fraction of sp³-hybridized carbons (Fsp3) is 0.900. The Labute approximate surface area is 84.3 Å². The molecule has 0 aromatic heterocycles. The van der Waals surface area contributed by atoms with E-state index in [-0.39, 0.29) is 11.5 Å². The molecule has 0 bridgehead atoms. The first-order valence-corrected chi connectivity index (χ1v) is 5.45. The van der Waals surface area contributed by atoms with Gasteiger partial charge in [-0.1, -0.05) is 19.3 Å². The summed E-state index contributed by atoms with van der Waals surface area (Å²) in [5.74, 6) is 0.109. The molecule has 2 aliphatic rings. The maximum Gasteiger partial charge on any atom is 0.249 e. The molecule has 0 radical (unpaired) electrons. The molecular formula is C10H18N2O2. The van der Waals surface area contributed by atoms with E-state index in [0.717, 1.165) is 12.8 Å². The molecule has 1 aliphatic carbocycles. The highest BCUT2D eigenvalue weighted by Gasteiger charge is 2.45. The molecule has 1 spiro atoms. The molecule has 2 fully saturated rings. The number of nitrogens with two attached hydrogens (primary N) is 1. The predicted molar refractivity (Wildman–Crippen MR) is 52.3 cm³/mol. The lowest BCUT2D eigenvalue weighted by Crippen LogP contribution is -2.34. The first-order valence-electron chi connectivity index (χ1n) is 5.45. The zero-order valence-corrected chi connectivity index (χ0v) is 8.50. The number of rotatable bonds is 2. The second-order valence-electron chi connectivity index (χ2n) is 4.30. The van der Waals surface area contributed by atoms with E-state index >= 15 is 0 Å². The lowest BCUT2D eigenvalue weighted by molar-refractivity contribution is -0.205. The molecule has 2 rings (SSSR count). The number of hydrogen-bond acceptors (Lipinski definition) is 3. The van der Waals surface area contributed by atoms with Gasteiger partial charge in [-0.25, -0.2) is 5.06 Å². The van der Waals surface area contributed by atoms with Gasteiger partial charge in [0.15, 0.2) is 0 Å². The predicted octanol–water partition coefficient (Wildman–Crippen LogP) is 0.812. The normalized spacial score (nSPS) is 26.1. The molecule has 0 aromatic rings. The Morgan fingerprint density at radius 1 is 1.36 bits per heavy atom. The molecule has 0 aromatic carbocycles. The first kappa shape index (κ1) is 9.93. The summed E-state index contributed by atoms with van der Waals surface area (Å²) in [5.41, 5.74) is 5.25. The van der Waals surface area contributed by atoms with E-state index in [2.05, 4.69) is 0 Å². The molecule has 1 saturated heterocycles. The van der Waals surface area contributed by atoms with Crippen LogP contribution in [0.25, 0.3) is 0 Å². The van der Waals surface area contributed by atoms with Gasteiger partial charge in [0.2, 0.25) is 5.91 Å². The van der Waals surface area contributed by atoms with E-state index in [0.29, 0.717) is 19.5 Å². The quantitative estimate of drug-likeness (QED) is 0.714. The summed E-state index contributed by atoms with van der Waals surface area (Å²) in [4.78, 5) is 17.3. The average molecular weight is 198 g/mol. The summed E-state index contributed by atoms with van der Waals surface area (Å²) >= 11 is 0. The van der Waals surface area contributed by atoms with Crippen LogP contribution in [0.2, 0.25) is 0 Å². The van der Waals surface area contributed by atoms with Crippen molar-refractivity contribution in [3.8, 4) is 0 Å². The Hall–Kier alpha value is -0.610. The third-order valence-electron chi connectivity index (χ3n) is 3.15. The molecule has 4 heteroatoms. The van der Waals surface area contributed by atoms with Gasteiger partial charge in [-0.2, -0.15) is 0 Å². The maximum atomic E-state index is 11.6. The Morgan fingerprint density at radius 3 is 2.71 bits per heavy atom. The molecular weight excluding hydrogens is 180 g/mol. The summed E-state index contributed by atoms with van der Waals surface area (Å²) in [6, 6.07) is 0. The zero-order chi connectivity index (χ0) is 10.0. The summed E-state index contributed by atoms with van der Waals surface area (Å²) in [5, 5.41) is 1.46. The maximum absolute atomic E-state index is 11.6. The van der Waals surface area contributed by atoms with Gasteiger partial charge < -0.3 is 5.73 Å². The number of hydrogen-bond donors (Lipinski definition) is 1. The van der Waals surface area contributed by atoms with Crippen molar-refractivity contribution in [2.24, 2.45) is 5.73 Å². The van der Waals surface area contributed by atoms with Crippen molar-refractivity contribution in [3.63, 3.8) is 0 Å². The lowest BCUT2D eigenvalue weighted by atomic mass is 9.83. The number of amides is 1. The van der Waals surface area contributed by atoms with Crippen molar-refractivity contribution in [1.82, 2.24) is 5.06 Å². The minimum atomic E-state index is -0.162. The fourth-order valence-electron chi connectivity index (χ4n) is 2.43. The van der Waals surface area contributed by atoms with Crippen LogP contribution >= 0.6 is 0 Å². The average Bonchev–Trinajstić information content (AvgIpc) is 2.45. The summed E-state index contributed by atoms with van der Waals surface area (Å²) in [7, 11) is 0. The molecule has 80 valence electrons. The number of carbonyl (C=O) groups excluding carboxylic acids is 1. The minimum absolute atomic E-state index is 0.109. The smallest absolute Gasteiger partial charge is 0.249 e. The zero-order valence-electron chi connectivity index (χ0n) is 8.50. The Kier molecular flexibility index (Phi) is 2.74. The molecule has 0 atom stereocenters. The van der Waals surface area contributed by atoms with Gasteiger partial charge in [0.25, 0.3) is 0 Å². The van der Waals surface area contributed by atoms with E-state index in [1.54, 1.807) is 0 Å². The van der Waals surface area contributed by atoms with Crippen molar-refractivity contribution in [2.75, 3.05) is 13.1 Å². The van der Waals surface area contributed by atoms with E-state index in [4.69, 9.17) is 10.6 Å². The van der Waals surface area contributed by atoms with Crippen LogP contribution in [0.1, 0.15) is 38.5 Å². The van der Waals surface area contributed by atoms with Crippen molar-refractivity contribution >= 4 is 5.91 Å². The first-order chi connectivity index (χ1) is 6.76. The van der Waals surface area contributed by atoms with Gasteiger partial charge in [0.05, 0.1) is 13.0 Å². The van der Waals surface area contributed by atoms with Crippen LogP contribution in [0, 0.1) is 0 Å². The van der Waals surface area contributed by atoms with Crippen LogP contribution in [-0.4, -0.2) is 29.7 Å². The second kappa shape index (κ2) is 3.87. The van der Waals surface area contributed by atoms with E-state index in [1.807, 2.05) is 0 Å². The number of carbonyl (C=O) groups is 1. The monoisotopic (exact) mass is 198 g/mol. The largest absolute Gasteiger partial charge is 0.329 e. The van der Waals surface area contributed by atoms with Gasteiger partial charge in [-0.15, -0.1) is 0 Å². The van der Waals surface area contributed by atoms with Crippen LogP contribution in [0.4, 0.5) is 0 Å². The van der Waals surface area contributed by atoms with Crippen molar-refractivity contribution < 1.29 is 9.63 Å². The standard InChI is InChI=1S/C10H18N2O2/c11-6-7-12-9(13)8-10(14-12)4-2-1-3-5-10/h1-8,11H2. The third-order valence-corrected chi connectivity index (χ3v) is 3.15. The Morgan fingerprint density at radius 2 is 2.07 bits per heavy atom. The summed E-state index contributed by atoms with van der Waals surface area (Å²) in [6.07, 6.45) is 6.26. The SMILES string of the molecule is NCCN1OC2(CCCCC2)CC1=O. The summed E-state index contributed by atoms with van der Waals surface area (Å²) < 4.78 is 0. The highest BCUT2D eigenvalue weighted by Crippen LogP contribution is 2.39. The number of hydroxylamine groups is 2. The van der Waals surface area contributed by atoms with Gasteiger partial charge in [-0.05, 0) is 12.8 Å². The van der Waals surface area contributed by atoms with Gasteiger partial charge >= 0.3 is 0 Å². The minimum Gasteiger partial charge on any atom is -0.329 e. The molecule has 0 unspecified atom stereocenters. The molecule has 1 amide bonds. The number of nitrogens with zero attached hydrogens (tertiary/aromatic N) is 1. The molecule has 1 aliphatic heterocycles. The van der Waals surface area contributed by atoms with Crippen LogP contribution in [0.5, 0.6) is 0 Å². The van der Waals surface area contributed by atoms with Crippen LogP contribution in [-0.2, 0) is 9.63 Å². The van der Waals surface area contributed by atoms with Gasteiger partial charge in [0, 0.05) is 6.54 Å². The lowest BCUT2D eigenvalue weighted by Gasteiger charge is -2.31. The van der Waals surface area contributed by atoms with E-state index in [9.17, 15) is 4.79 Å². The van der Waals surface area contributed by atoms with Crippen LogP contribution < -0.4 is 5.73 Å². The molecule has 1 heterocycles. The fourth-order valence-corrected chi connectivity index (χ4v) is 2.43. The molecule has 2 N–H and O–H groups in total. The summed E-state index contributed by atoms with van der Waals surface area (Å²) in [6.45, 7) is 1.00.